The van der Waals surface area contributed by atoms with E-state index in [0.29, 0.717) is 5.56 Å². The molecule has 0 aliphatic rings. The van der Waals surface area contributed by atoms with Gasteiger partial charge in [0.1, 0.15) is 0 Å². The Balaban J connectivity index is 3.36. The minimum Gasteiger partial charge on any atom is -0.478 e. The number of ketones is 1. The molecule has 0 spiro atoms. The predicted molar refractivity (Wildman–Crippen MR) is 73.0 cm³/mol. The van der Waals surface area contributed by atoms with Crippen molar-refractivity contribution in [3.63, 3.8) is 0 Å². The highest BCUT2D eigenvalue weighted by Gasteiger charge is 2.28. The normalized spacial score (nSPS) is 10.7. The van der Waals surface area contributed by atoms with Crippen molar-refractivity contribution in [3.8, 4) is 0 Å². The standard InChI is InChI=1S/C15H18O5/c1-8(2)10-6-5-7-11(14(17)18)12(10)13(16)15(19)20-9(3)4/h5-9H,1-4H3,(H,17,18). The minimum absolute atomic E-state index is 0.0827. The van der Waals surface area contributed by atoms with Crippen LogP contribution in [0.1, 0.15) is 59.9 Å². The largest absolute Gasteiger partial charge is 0.478 e. The zero-order valence-electron chi connectivity index (χ0n) is 12.0. The predicted octanol–water partition coefficient (Wildman–Crippen LogP) is 2.64. The van der Waals surface area contributed by atoms with Crippen LogP contribution in [0.4, 0.5) is 0 Å². The van der Waals surface area contributed by atoms with Crippen molar-refractivity contribution in [2.75, 3.05) is 0 Å². The number of carbonyl (C=O) groups excluding carboxylic acids is 2. The molecule has 5 heteroatoms. The second-order valence-electron chi connectivity index (χ2n) is 5.01. The van der Waals surface area contributed by atoms with Crippen molar-refractivity contribution in [2.24, 2.45) is 0 Å². The summed E-state index contributed by atoms with van der Waals surface area (Å²) in [5, 5.41) is 9.18. The SMILES string of the molecule is CC(C)OC(=O)C(=O)c1c(C(=O)O)cccc1C(C)C. The molecule has 5 nitrogen and oxygen atoms in total. The maximum atomic E-state index is 12.2. The first kappa shape index (κ1) is 15.9. The van der Waals surface area contributed by atoms with Crippen LogP contribution in [0.2, 0.25) is 0 Å². The van der Waals surface area contributed by atoms with Crippen LogP contribution in [0.3, 0.4) is 0 Å². The fraction of sp³-hybridized carbons (Fsp3) is 0.400. The average molecular weight is 278 g/mol. The van der Waals surface area contributed by atoms with E-state index in [9.17, 15) is 19.5 Å². The van der Waals surface area contributed by atoms with Crippen LogP contribution in [0, 0.1) is 0 Å². The summed E-state index contributed by atoms with van der Waals surface area (Å²) in [6.07, 6.45) is -0.439. The molecule has 1 rings (SSSR count). The molecule has 108 valence electrons. The van der Waals surface area contributed by atoms with Crippen molar-refractivity contribution in [3.05, 3.63) is 34.9 Å². The van der Waals surface area contributed by atoms with E-state index in [1.807, 2.05) is 13.8 Å². The zero-order valence-corrected chi connectivity index (χ0v) is 12.0. The van der Waals surface area contributed by atoms with E-state index in [1.165, 1.54) is 6.07 Å². The van der Waals surface area contributed by atoms with Crippen LogP contribution in [-0.2, 0) is 9.53 Å². The number of hydrogen-bond acceptors (Lipinski definition) is 4. The highest BCUT2D eigenvalue weighted by molar-refractivity contribution is 6.42. The molecule has 0 radical (unpaired) electrons. The quantitative estimate of drug-likeness (QED) is 0.508. The lowest BCUT2D eigenvalue weighted by atomic mass is 9.90. The third-order valence-corrected chi connectivity index (χ3v) is 2.70. The third-order valence-electron chi connectivity index (χ3n) is 2.70. The first-order chi connectivity index (χ1) is 9.25. The zero-order chi connectivity index (χ0) is 15.4. The molecule has 0 saturated carbocycles. The summed E-state index contributed by atoms with van der Waals surface area (Å²) in [7, 11) is 0. The number of esters is 1. The Morgan fingerprint density at radius 3 is 2.15 bits per heavy atom. The Bertz CT molecular complexity index is 543. The highest BCUT2D eigenvalue weighted by Crippen LogP contribution is 2.24. The average Bonchev–Trinajstić information content (AvgIpc) is 2.35. The number of aromatic carboxylic acids is 1. The first-order valence-electron chi connectivity index (χ1n) is 6.37. The number of carboxylic acids is 1. The lowest BCUT2D eigenvalue weighted by Crippen LogP contribution is -2.24. The molecular weight excluding hydrogens is 260 g/mol. The Hall–Kier alpha value is -2.17. The van der Waals surface area contributed by atoms with Gasteiger partial charge in [-0.05, 0) is 31.4 Å². The van der Waals surface area contributed by atoms with E-state index < -0.39 is 23.8 Å². The molecule has 0 atom stereocenters. The van der Waals surface area contributed by atoms with E-state index in [1.54, 1.807) is 26.0 Å². The van der Waals surface area contributed by atoms with E-state index in [2.05, 4.69) is 0 Å². The second kappa shape index (κ2) is 6.32. The number of benzene rings is 1. The van der Waals surface area contributed by atoms with Gasteiger partial charge in [0.25, 0.3) is 5.78 Å². The molecule has 0 saturated heterocycles. The van der Waals surface area contributed by atoms with E-state index in [0.717, 1.165) is 0 Å². The number of Topliss-reactive ketones (excluding diaryl/α,β-unsaturated/α-hetero) is 1. The summed E-state index contributed by atoms with van der Waals surface area (Å²) in [5.74, 6) is -3.27. The van der Waals surface area contributed by atoms with Gasteiger partial charge in [-0.1, -0.05) is 26.0 Å². The Morgan fingerprint density at radius 1 is 1.10 bits per heavy atom. The van der Waals surface area contributed by atoms with Crippen molar-refractivity contribution in [1.82, 2.24) is 0 Å². The first-order valence-corrected chi connectivity index (χ1v) is 6.37. The molecule has 0 aliphatic heterocycles. The highest BCUT2D eigenvalue weighted by atomic mass is 16.5. The molecule has 0 aromatic heterocycles. The van der Waals surface area contributed by atoms with Crippen molar-refractivity contribution < 1.29 is 24.2 Å². The number of carbonyl (C=O) groups is 3. The van der Waals surface area contributed by atoms with Crippen molar-refractivity contribution in [2.45, 2.75) is 39.7 Å². The van der Waals surface area contributed by atoms with Gasteiger partial charge in [-0.3, -0.25) is 4.79 Å². The van der Waals surface area contributed by atoms with Gasteiger partial charge < -0.3 is 9.84 Å². The lowest BCUT2D eigenvalue weighted by molar-refractivity contribution is -0.141. The third kappa shape index (κ3) is 3.44. The van der Waals surface area contributed by atoms with E-state index in [4.69, 9.17) is 4.74 Å². The molecule has 0 heterocycles. The number of rotatable bonds is 5. The fourth-order valence-corrected chi connectivity index (χ4v) is 1.85. The van der Waals surface area contributed by atoms with Crippen molar-refractivity contribution >= 4 is 17.7 Å². The minimum atomic E-state index is -1.24. The summed E-state index contributed by atoms with van der Waals surface area (Å²) in [5.41, 5.74) is 0.262. The van der Waals surface area contributed by atoms with Gasteiger partial charge in [0.15, 0.2) is 0 Å². The van der Waals surface area contributed by atoms with Gasteiger partial charge in [-0.15, -0.1) is 0 Å². The Morgan fingerprint density at radius 2 is 1.70 bits per heavy atom. The molecule has 0 fully saturated rings. The van der Waals surface area contributed by atoms with Crippen LogP contribution in [0.15, 0.2) is 18.2 Å². The van der Waals surface area contributed by atoms with Crippen LogP contribution >= 0.6 is 0 Å². The summed E-state index contributed by atoms with van der Waals surface area (Å²) >= 11 is 0. The number of ether oxygens (including phenoxy) is 1. The van der Waals surface area contributed by atoms with E-state index in [-0.39, 0.29) is 17.0 Å². The molecule has 1 N–H and O–H groups in total. The maximum absolute atomic E-state index is 12.2. The number of hydrogen-bond donors (Lipinski definition) is 1. The molecular formula is C15H18O5. The molecule has 1 aromatic rings. The van der Waals surface area contributed by atoms with Gasteiger partial charge >= 0.3 is 11.9 Å². The van der Waals surface area contributed by atoms with Crippen LogP contribution in [0.25, 0.3) is 0 Å². The molecule has 0 bridgehead atoms. The van der Waals surface area contributed by atoms with Gasteiger partial charge in [-0.2, -0.15) is 0 Å². The molecule has 0 aliphatic carbocycles. The molecule has 0 amide bonds. The number of carboxylic acid groups (broad SMARTS) is 1. The van der Waals surface area contributed by atoms with Gasteiger partial charge in [0.2, 0.25) is 0 Å². The molecule has 1 aromatic carbocycles. The lowest BCUT2D eigenvalue weighted by Gasteiger charge is -2.14. The second-order valence-corrected chi connectivity index (χ2v) is 5.01. The van der Waals surface area contributed by atoms with Gasteiger partial charge in [0, 0.05) is 5.56 Å². The van der Waals surface area contributed by atoms with Gasteiger partial charge in [0.05, 0.1) is 11.7 Å². The monoisotopic (exact) mass is 278 g/mol. The van der Waals surface area contributed by atoms with Crippen LogP contribution in [-0.4, -0.2) is 28.9 Å². The Labute approximate surface area is 117 Å². The van der Waals surface area contributed by atoms with Crippen LogP contribution < -0.4 is 0 Å². The maximum Gasteiger partial charge on any atom is 0.379 e. The fourth-order valence-electron chi connectivity index (χ4n) is 1.85. The topological polar surface area (TPSA) is 80.7 Å². The molecule has 20 heavy (non-hydrogen) atoms. The molecule has 0 unspecified atom stereocenters. The van der Waals surface area contributed by atoms with E-state index >= 15 is 0 Å². The smallest absolute Gasteiger partial charge is 0.379 e. The summed E-state index contributed by atoms with van der Waals surface area (Å²) < 4.78 is 4.85. The summed E-state index contributed by atoms with van der Waals surface area (Å²) in [6, 6.07) is 4.51. The van der Waals surface area contributed by atoms with Crippen molar-refractivity contribution in [1.29, 1.82) is 0 Å². The van der Waals surface area contributed by atoms with Gasteiger partial charge in [-0.25, -0.2) is 9.59 Å². The summed E-state index contributed by atoms with van der Waals surface area (Å²) in [6.45, 7) is 6.90. The Kier molecular flexibility index (Phi) is 5.02. The van der Waals surface area contributed by atoms with Crippen LogP contribution in [0.5, 0.6) is 0 Å². The summed E-state index contributed by atoms with van der Waals surface area (Å²) in [4.78, 5) is 35.2.